The molecule has 0 amide bonds. The summed E-state index contributed by atoms with van der Waals surface area (Å²) in [6.07, 6.45) is -16.7. The Bertz CT molecular complexity index is 3840. The van der Waals surface area contributed by atoms with Crippen LogP contribution in [0.15, 0.2) is 12.7 Å². The zero-order chi connectivity index (χ0) is 81.3. The summed E-state index contributed by atoms with van der Waals surface area (Å²) in [4.78, 5) is 0. The fourth-order valence-corrected chi connectivity index (χ4v) is 16.6. The summed E-state index contributed by atoms with van der Waals surface area (Å²) in [5, 5.41) is 0. The molecule has 0 aromatic heterocycles. The fraction of sp³-hybridized carbons (Fsp3) is 0.800. The average Bonchev–Trinajstić information content (AvgIpc) is 0.807. The standard InChI is InChI=1S/C4H11FNO5PS.C3H2F8NO4PS.C3H6F2NO4PS.C3H4F2NO4PS.C2H3F5NO4PS.C2H6F2NO4PS.C2H7FNO3PS.CH4F2NO3PS/c1-3-10-12(7,11-4-2)6-13(5,8)9;4-2(5,6)1(3(7,8)9)16-18(14,15)12-17(10,11)13;2*1-2-3-10-11(4,7)6-12(5,8)9;3-2(4,5)1-12-14(10,11)8-13(6,7)9;1-2-9-10(3,6)5-11(4,7)8;2*1-8(2,5)4-9(3,6)7/h3-4H2,1-2H3,(H,6,7);1H,(H,12,13);2H,1,3H2,(H,6,7);1H,3H2,(H,6,7);1H2,(H,8,9);2H2,1H3,(H,5,6);1-2H3,(H,4,5);1H3,(H,4,5). The zero-order valence-corrected chi connectivity index (χ0v) is 60.6. The lowest BCUT2D eigenvalue weighted by Gasteiger charge is -2.22. The Balaban J connectivity index is -0.000000159. The van der Waals surface area contributed by atoms with E-state index < -0.39 is 189 Å². The molecular weight excluding hydrogens is 1790 g/mol. The summed E-state index contributed by atoms with van der Waals surface area (Å²) in [6, 6.07) is 0. The van der Waals surface area contributed by atoms with Crippen LogP contribution in [0.4, 0.5) is 96.4 Å². The second-order valence-electron chi connectivity index (χ2n) is 14.0. The second-order valence-corrected chi connectivity index (χ2v) is 38.7. The van der Waals surface area contributed by atoms with Crippen molar-refractivity contribution < 1.29 is 231 Å². The molecule has 8 N–H and O–H groups in total. The fourth-order valence-electron chi connectivity index (χ4n) is 2.80. The van der Waals surface area contributed by atoms with Gasteiger partial charge in [-0.2, -0.15) is 111 Å². The maximum Gasteiger partial charge on any atom is 0.495 e. The maximum absolute atomic E-state index is 12.3. The first-order chi connectivity index (χ1) is 42.0. The quantitative estimate of drug-likeness (QED) is 0.0106. The van der Waals surface area contributed by atoms with E-state index in [2.05, 4.69) is 44.0 Å². The Hall–Kier alpha value is -1.47. The summed E-state index contributed by atoms with van der Waals surface area (Å²) >= 11 is 0. The van der Waals surface area contributed by atoms with Gasteiger partial charge in [0.2, 0.25) is 0 Å². The SMILES string of the molecule is C#CCOP(=O)(F)NS(=O)(=O)F.C=CCOP(=O)(F)NS(=O)(=O)F.CCOP(=O)(F)NS(=O)(=O)F.CCOP(=O)(NS(=O)(=O)F)OCC.CP(=O)(F)NS(=O)(=O)F.CP(C)(=O)NS(=O)(=O)F.O=P(F)(F)NS(=O)(=O)OC(C(F)(F)F)C(F)(F)F.O=P(F)(F)NS(=O)(=O)OCC(F)(F)F. The predicted octanol–water partition coefficient (Wildman–Crippen LogP) is 8.20. The molecule has 0 aliphatic carbocycles. The molecule has 78 heteroatoms. The molecule has 0 bridgehead atoms. The Morgan fingerprint density at radius 2 is 0.724 bits per heavy atom. The predicted molar refractivity (Wildman–Crippen MR) is 285 cm³/mol. The van der Waals surface area contributed by atoms with Crippen molar-refractivity contribution in [2.24, 2.45) is 0 Å². The van der Waals surface area contributed by atoms with E-state index in [1.165, 1.54) is 25.3 Å². The lowest BCUT2D eigenvalue weighted by Crippen LogP contribution is -2.47. The van der Waals surface area contributed by atoms with Crippen LogP contribution in [-0.4, -0.2) is 152 Å². The van der Waals surface area contributed by atoms with Gasteiger partial charge in [-0.1, -0.05) is 62.3 Å². The molecule has 4 unspecified atom stereocenters. The molecule has 0 spiro atoms. The summed E-state index contributed by atoms with van der Waals surface area (Å²) < 4.78 is 539. The molecule has 598 valence electrons. The third-order valence-corrected chi connectivity index (χ3v) is 23.6. The monoisotopic (exact) mass is 1830 g/mol. The third-order valence-electron chi connectivity index (χ3n) is 4.67. The minimum Gasteiger partial charge on any atom is -0.306 e. The van der Waals surface area contributed by atoms with E-state index in [9.17, 15) is 200 Å². The molecule has 0 saturated carbocycles. The van der Waals surface area contributed by atoms with Crippen LogP contribution in [0.5, 0.6) is 0 Å². The van der Waals surface area contributed by atoms with Crippen molar-refractivity contribution in [1.82, 2.24) is 35.9 Å². The molecule has 0 aromatic rings. The zero-order valence-electron chi connectivity index (χ0n) is 46.9. The Morgan fingerprint density at radius 1 is 0.439 bits per heavy atom. The minimum atomic E-state index is -6.65. The van der Waals surface area contributed by atoms with Crippen LogP contribution in [0.1, 0.15) is 20.8 Å². The summed E-state index contributed by atoms with van der Waals surface area (Å²) in [5.41, 5.74) is 0. The molecule has 0 aliphatic heterocycles. The highest BCUT2D eigenvalue weighted by Gasteiger charge is 2.60. The van der Waals surface area contributed by atoms with Gasteiger partial charge in [0.1, 0.15) is 6.61 Å². The van der Waals surface area contributed by atoms with E-state index in [0.29, 0.717) is 24.6 Å². The molecule has 0 radical (unpaired) electrons. The number of nitrogens with one attached hydrogen (secondary N) is 8. The van der Waals surface area contributed by atoms with Crippen LogP contribution in [0, 0.1) is 12.3 Å². The van der Waals surface area contributed by atoms with E-state index in [4.69, 9.17) is 0 Å². The molecule has 0 fully saturated rings. The molecule has 39 nitrogen and oxygen atoms in total. The van der Waals surface area contributed by atoms with Crippen LogP contribution in [0.25, 0.3) is 0 Å². The van der Waals surface area contributed by atoms with Gasteiger partial charge in [-0.15, -0.1) is 51.4 Å². The Kier molecular flexibility index (Phi) is 51.0. The van der Waals surface area contributed by atoms with E-state index in [-0.39, 0.29) is 28.8 Å². The van der Waals surface area contributed by atoms with E-state index in [0.717, 1.165) is 23.9 Å². The topological polar surface area (TPSA) is 571 Å². The summed E-state index contributed by atoms with van der Waals surface area (Å²) in [7, 11) is -82.4. The number of terminal acetylenes is 1. The Morgan fingerprint density at radius 3 is 0.929 bits per heavy atom. The smallest absolute Gasteiger partial charge is 0.306 e. The maximum atomic E-state index is 12.3. The van der Waals surface area contributed by atoms with Gasteiger partial charge in [-0.3, -0.25) is 27.2 Å². The van der Waals surface area contributed by atoms with Gasteiger partial charge >= 0.3 is 156 Å². The largest absolute Gasteiger partial charge is 0.495 e. The van der Waals surface area contributed by atoms with Crippen molar-refractivity contribution in [3.8, 4) is 12.3 Å². The Labute approximate surface area is 539 Å². The van der Waals surface area contributed by atoms with E-state index in [1.54, 1.807) is 5.92 Å². The van der Waals surface area contributed by atoms with Crippen LogP contribution >= 0.6 is 62.0 Å². The second kappa shape index (κ2) is 44.5. The molecule has 0 saturated heterocycles. The normalized spacial score (nSPS) is 15.6. The van der Waals surface area contributed by atoms with Crippen molar-refractivity contribution in [1.29, 1.82) is 0 Å². The average molecular weight is 1830 g/mol. The summed E-state index contributed by atoms with van der Waals surface area (Å²) in [5.74, 6) is 1.72. The van der Waals surface area contributed by atoms with Gasteiger partial charge < -0.3 is 4.57 Å². The molecule has 0 heterocycles. The van der Waals surface area contributed by atoms with Crippen LogP contribution < -0.4 is 35.9 Å². The van der Waals surface area contributed by atoms with Crippen molar-refractivity contribution in [3.63, 3.8) is 0 Å². The van der Waals surface area contributed by atoms with Gasteiger partial charge in [0.15, 0.2) is 13.9 Å². The van der Waals surface area contributed by atoms with Crippen molar-refractivity contribution in [2.45, 2.75) is 45.4 Å². The number of alkyl halides is 9. The molecule has 98 heavy (non-hydrogen) atoms. The van der Waals surface area contributed by atoms with Gasteiger partial charge in [0.05, 0.1) is 26.4 Å². The lowest BCUT2D eigenvalue weighted by atomic mass is 10.3. The lowest BCUT2D eigenvalue weighted by molar-refractivity contribution is -0.299. The van der Waals surface area contributed by atoms with E-state index in [1.807, 2.05) is 0 Å². The summed E-state index contributed by atoms with van der Waals surface area (Å²) in [6.45, 7) is 6.05. The highest BCUT2D eigenvalue weighted by molar-refractivity contribution is 7.93. The molecular formula is C20H43F23N8O31P8S8. The first-order valence-electron chi connectivity index (χ1n) is 20.6. The third kappa shape index (κ3) is 96.6. The van der Waals surface area contributed by atoms with Crippen molar-refractivity contribution in [2.75, 3.05) is 59.6 Å². The molecule has 0 rings (SSSR count). The highest BCUT2D eigenvalue weighted by atomic mass is 32.3. The van der Waals surface area contributed by atoms with E-state index >= 15 is 0 Å². The van der Waals surface area contributed by atoms with Gasteiger partial charge in [-0.25, -0.2) is 35.8 Å². The van der Waals surface area contributed by atoms with Crippen molar-refractivity contribution >= 4 is 145 Å². The number of hydrogen-bond donors (Lipinski definition) is 8. The molecule has 0 aliphatic rings. The van der Waals surface area contributed by atoms with Crippen LogP contribution in [0.2, 0.25) is 0 Å². The highest BCUT2D eigenvalue weighted by Crippen LogP contribution is 2.49. The van der Waals surface area contributed by atoms with Crippen molar-refractivity contribution in [3.05, 3.63) is 12.7 Å². The number of halogens is 23. The molecule has 0 aromatic carbocycles. The van der Waals surface area contributed by atoms with Gasteiger partial charge in [-0.05, 0) is 20.8 Å². The number of rotatable bonds is 31. The first-order valence-corrected chi connectivity index (χ1v) is 45.4. The first kappa shape index (κ1) is 112. The van der Waals surface area contributed by atoms with Crippen LogP contribution in [0.3, 0.4) is 0 Å². The number of hydrogen-bond acceptors (Lipinski definition) is 31. The van der Waals surface area contributed by atoms with Crippen LogP contribution in [-0.2, 0) is 151 Å². The van der Waals surface area contributed by atoms with Gasteiger partial charge in [0.25, 0.3) is 6.10 Å². The van der Waals surface area contributed by atoms with Gasteiger partial charge in [0, 0.05) is 20.0 Å². The molecule has 4 atom stereocenters. The minimum absolute atomic E-state index is 0.0558.